The maximum atomic E-state index is 13.7. The number of ketones is 4. The molecular formula is C28H22N2O4. The largest absolute Gasteiger partial charge is 0.398 e. The van der Waals surface area contributed by atoms with Crippen molar-refractivity contribution in [3.05, 3.63) is 81.9 Å². The third-order valence-electron chi connectivity index (χ3n) is 7.57. The van der Waals surface area contributed by atoms with Crippen molar-refractivity contribution in [3.8, 4) is 11.1 Å². The average Bonchev–Trinajstić information content (AvgIpc) is 2.86. The van der Waals surface area contributed by atoms with Crippen molar-refractivity contribution in [3.63, 3.8) is 0 Å². The Kier molecular flexibility index (Phi) is 4.36. The first-order valence-corrected chi connectivity index (χ1v) is 11.5. The molecule has 6 nitrogen and oxygen atoms in total. The molecule has 3 aromatic carbocycles. The van der Waals surface area contributed by atoms with Crippen LogP contribution in [0.3, 0.4) is 0 Å². The van der Waals surface area contributed by atoms with E-state index in [4.69, 9.17) is 11.5 Å². The maximum Gasteiger partial charge on any atom is 0.196 e. The highest BCUT2D eigenvalue weighted by Crippen LogP contribution is 2.46. The van der Waals surface area contributed by atoms with E-state index in [0.29, 0.717) is 35.1 Å². The minimum Gasteiger partial charge on any atom is -0.398 e. The van der Waals surface area contributed by atoms with Crippen molar-refractivity contribution in [2.45, 2.75) is 25.7 Å². The van der Waals surface area contributed by atoms with Gasteiger partial charge in [0.25, 0.3) is 0 Å². The zero-order valence-corrected chi connectivity index (χ0v) is 18.4. The van der Waals surface area contributed by atoms with E-state index in [1.54, 1.807) is 48.5 Å². The molecule has 3 aromatic rings. The maximum absolute atomic E-state index is 13.7. The lowest BCUT2D eigenvalue weighted by molar-refractivity contribution is 0.0678. The van der Waals surface area contributed by atoms with E-state index < -0.39 is 0 Å². The number of nitrogens with two attached hydrogens (primary N) is 2. The highest BCUT2D eigenvalue weighted by Gasteiger charge is 2.45. The lowest BCUT2D eigenvalue weighted by Crippen LogP contribution is -2.39. The Balaban J connectivity index is 1.64. The molecule has 4 N–H and O–H groups in total. The van der Waals surface area contributed by atoms with Crippen LogP contribution in [0.25, 0.3) is 11.1 Å². The first kappa shape index (κ1) is 20.5. The highest BCUT2D eigenvalue weighted by atomic mass is 16.1. The SMILES string of the molecule is Nc1ccc(-c2ccc(N)c3c2C(=O)C2CCCCC2C3=O)c2c1C(=O)c1ccccc1C2=O. The number of benzene rings is 3. The molecule has 3 aliphatic rings. The van der Waals surface area contributed by atoms with Crippen LogP contribution in [0.1, 0.15) is 78.2 Å². The summed E-state index contributed by atoms with van der Waals surface area (Å²) in [6, 6.07) is 13.2. The van der Waals surface area contributed by atoms with Gasteiger partial charge in [0, 0.05) is 45.5 Å². The number of carbonyl (C=O) groups is 4. The van der Waals surface area contributed by atoms with E-state index in [9.17, 15) is 19.2 Å². The molecule has 0 heterocycles. The van der Waals surface area contributed by atoms with Gasteiger partial charge in [-0.3, -0.25) is 19.2 Å². The molecule has 0 spiro atoms. The molecule has 3 aliphatic carbocycles. The Hall–Kier alpha value is -4.06. The van der Waals surface area contributed by atoms with E-state index in [-0.39, 0.29) is 68.6 Å². The first-order valence-electron chi connectivity index (χ1n) is 11.5. The molecule has 2 unspecified atom stereocenters. The predicted octanol–water partition coefficient (Wildman–Crippen LogP) is 4.48. The van der Waals surface area contributed by atoms with Crippen LogP contribution in [-0.4, -0.2) is 23.1 Å². The van der Waals surface area contributed by atoms with Gasteiger partial charge < -0.3 is 11.5 Å². The second-order valence-electron chi connectivity index (χ2n) is 9.33. The zero-order chi connectivity index (χ0) is 23.7. The molecule has 34 heavy (non-hydrogen) atoms. The molecule has 1 saturated carbocycles. The fourth-order valence-electron chi connectivity index (χ4n) is 5.97. The number of rotatable bonds is 1. The van der Waals surface area contributed by atoms with Crippen LogP contribution in [0.4, 0.5) is 11.4 Å². The standard InChI is InChI=1S/C28H22N2O4/c29-19-11-9-13(21-23(19)27(33)17-7-3-1-5-15(17)25(21)31)14-10-12-20(30)24-22(14)26(32)16-6-2-4-8-18(16)28(24)34/h1,3,5,7,9-12,16,18H,2,4,6,8,29-30H2. The van der Waals surface area contributed by atoms with Gasteiger partial charge in [-0.05, 0) is 36.1 Å². The summed E-state index contributed by atoms with van der Waals surface area (Å²) in [7, 11) is 0. The molecule has 0 amide bonds. The van der Waals surface area contributed by atoms with Crippen LogP contribution in [-0.2, 0) is 0 Å². The minimum atomic E-state index is -0.378. The first-order chi connectivity index (χ1) is 16.4. The smallest absolute Gasteiger partial charge is 0.196 e. The molecule has 6 rings (SSSR count). The summed E-state index contributed by atoms with van der Waals surface area (Å²) in [6.45, 7) is 0. The normalized spacial score (nSPS) is 20.9. The summed E-state index contributed by atoms with van der Waals surface area (Å²) >= 11 is 0. The third kappa shape index (κ3) is 2.62. The fraction of sp³-hybridized carbons (Fsp3) is 0.214. The lowest BCUT2D eigenvalue weighted by atomic mass is 9.65. The van der Waals surface area contributed by atoms with Gasteiger partial charge in [0.2, 0.25) is 0 Å². The van der Waals surface area contributed by atoms with E-state index in [1.807, 2.05) is 0 Å². The molecule has 0 saturated heterocycles. The predicted molar refractivity (Wildman–Crippen MR) is 128 cm³/mol. The second-order valence-corrected chi connectivity index (χ2v) is 9.33. The highest BCUT2D eigenvalue weighted by molar-refractivity contribution is 6.32. The molecular weight excluding hydrogens is 428 g/mol. The minimum absolute atomic E-state index is 0.101. The van der Waals surface area contributed by atoms with Crippen molar-refractivity contribution in [1.29, 1.82) is 0 Å². The summed E-state index contributed by atoms with van der Waals surface area (Å²) in [6.07, 6.45) is 3.15. The summed E-state index contributed by atoms with van der Waals surface area (Å²) in [5.74, 6) is -1.59. The van der Waals surface area contributed by atoms with E-state index in [2.05, 4.69) is 0 Å². The van der Waals surface area contributed by atoms with Gasteiger partial charge in [0.15, 0.2) is 23.1 Å². The van der Waals surface area contributed by atoms with Gasteiger partial charge in [-0.15, -0.1) is 0 Å². The molecule has 0 aromatic heterocycles. The monoisotopic (exact) mass is 450 g/mol. The fourth-order valence-corrected chi connectivity index (χ4v) is 5.97. The molecule has 0 aliphatic heterocycles. The van der Waals surface area contributed by atoms with Crippen molar-refractivity contribution in [2.75, 3.05) is 11.5 Å². The number of nitrogen functional groups attached to an aromatic ring is 2. The summed E-state index contributed by atoms with van der Waals surface area (Å²) < 4.78 is 0. The van der Waals surface area contributed by atoms with E-state index in [0.717, 1.165) is 12.8 Å². The Morgan fingerprint density at radius 3 is 1.59 bits per heavy atom. The number of anilines is 2. The van der Waals surface area contributed by atoms with Crippen LogP contribution < -0.4 is 11.5 Å². The number of fused-ring (bicyclic) bond motifs is 4. The average molecular weight is 450 g/mol. The third-order valence-corrected chi connectivity index (χ3v) is 7.57. The Bertz CT molecular complexity index is 1470. The second kappa shape index (κ2) is 7.22. The number of carbonyl (C=O) groups excluding carboxylic acids is 4. The molecule has 6 heteroatoms. The van der Waals surface area contributed by atoms with Crippen LogP contribution in [0, 0.1) is 11.8 Å². The van der Waals surface area contributed by atoms with Gasteiger partial charge in [0.1, 0.15) is 0 Å². The van der Waals surface area contributed by atoms with Gasteiger partial charge in [-0.1, -0.05) is 49.2 Å². The molecule has 1 fully saturated rings. The molecule has 0 radical (unpaired) electrons. The van der Waals surface area contributed by atoms with Gasteiger partial charge >= 0.3 is 0 Å². The molecule has 168 valence electrons. The van der Waals surface area contributed by atoms with Crippen LogP contribution in [0.5, 0.6) is 0 Å². The van der Waals surface area contributed by atoms with Crippen molar-refractivity contribution >= 4 is 34.5 Å². The topological polar surface area (TPSA) is 120 Å². The number of hydrogen-bond donors (Lipinski definition) is 2. The Morgan fingerprint density at radius 1 is 0.529 bits per heavy atom. The lowest BCUT2D eigenvalue weighted by Gasteiger charge is -2.35. The van der Waals surface area contributed by atoms with Gasteiger partial charge in [-0.2, -0.15) is 0 Å². The number of hydrogen-bond acceptors (Lipinski definition) is 6. The Morgan fingerprint density at radius 2 is 1.00 bits per heavy atom. The van der Waals surface area contributed by atoms with Crippen molar-refractivity contribution in [1.82, 2.24) is 0 Å². The van der Waals surface area contributed by atoms with Gasteiger partial charge in [0.05, 0.1) is 11.1 Å². The van der Waals surface area contributed by atoms with Crippen molar-refractivity contribution in [2.24, 2.45) is 11.8 Å². The van der Waals surface area contributed by atoms with Crippen molar-refractivity contribution < 1.29 is 19.2 Å². The number of Topliss-reactive ketones (excluding diaryl/α,β-unsaturated/α-hetero) is 2. The summed E-state index contributed by atoms with van der Waals surface area (Å²) in [4.78, 5) is 54.1. The Labute approximate surface area is 196 Å². The molecule has 2 atom stereocenters. The summed E-state index contributed by atoms with van der Waals surface area (Å²) in [5, 5.41) is 0. The van der Waals surface area contributed by atoms with Crippen LogP contribution in [0.2, 0.25) is 0 Å². The van der Waals surface area contributed by atoms with Gasteiger partial charge in [-0.25, -0.2) is 0 Å². The zero-order valence-electron chi connectivity index (χ0n) is 18.4. The quantitative estimate of drug-likeness (QED) is 0.413. The van der Waals surface area contributed by atoms with E-state index >= 15 is 0 Å². The van der Waals surface area contributed by atoms with Crippen LogP contribution >= 0.6 is 0 Å². The summed E-state index contributed by atoms with van der Waals surface area (Å²) in [5.41, 5.74) is 15.1. The van der Waals surface area contributed by atoms with Crippen LogP contribution in [0.15, 0.2) is 48.5 Å². The molecule has 0 bridgehead atoms. The van der Waals surface area contributed by atoms with E-state index in [1.165, 1.54) is 0 Å².